The monoisotopic (exact) mass is 267 g/mol. The standard InChI is InChI=1S/C18H21NO/c19-14-13-16-10-4-5-11-17(16)18(20)12-6-9-15-7-2-1-3-8-15/h1-5,7-8,10-11H,6,9,12-14,19H2. The fraction of sp³-hybridized carbons (Fsp3) is 0.278. The summed E-state index contributed by atoms with van der Waals surface area (Å²) in [5.41, 5.74) is 8.79. The Balaban J connectivity index is 1.92. The van der Waals surface area contributed by atoms with Gasteiger partial charge in [-0.05, 0) is 36.9 Å². The molecule has 20 heavy (non-hydrogen) atoms. The van der Waals surface area contributed by atoms with E-state index in [0.717, 1.165) is 30.4 Å². The Kier molecular flexibility index (Phi) is 5.51. The SMILES string of the molecule is NCCc1ccccc1C(=O)CCCc1ccccc1. The van der Waals surface area contributed by atoms with Gasteiger partial charge in [0.05, 0.1) is 0 Å². The zero-order valence-electron chi connectivity index (χ0n) is 11.7. The van der Waals surface area contributed by atoms with Gasteiger partial charge in [0.1, 0.15) is 0 Å². The molecule has 2 heteroatoms. The number of Topliss-reactive ketones (excluding diaryl/α,β-unsaturated/α-hetero) is 1. The summed E-state index contributed by atoms with van der Waals surface area (Å²) in [5.74, 6) is 0.227. The topological polar surface area (TPSA) is 43.1 Å². The second-order valence-corrected chi connectivity index (χ2v) is 4.96. The van der Waals surface area contributed by atoms with Crippen LogP contribution in [0.15, 0.2) is 54.6 Å². The first-order chi connectivity index (χ1) is 9.81. The molecule has 0 amide bonds. The molecule has 2 aromatic carbocycles. The Morgan fingerprint density at radius 1 is 0.900 bits per heavy atom. The first kappa shape index (κ1) is 14.5. The van der Waals surface area contributed by atoms with Crippen molar-refractivity contribution >= 4 is 5.78 Å². The first-order valence-electron chi connectivity index (χ1n) is 7.16. The molecule has 2 N–H and O–H groups in total. The van der Waals surface area contributed by atoms with E-state index < -0.39 is 0 Å². The van der Waals surface area contributed by atoms with E-state index in [-0.39, 0.29) is 5.78 Å². The van der Waals surface area contributed by atoms with E-state index in [2.05, 4.69) is 12.1 Å². The van der Waals surface area contributed by atoms with Crippen molar-refractivity contribution in [2.45, 2.75) is 25.7 Å². The highest BCUT2D eigenvalue weighted by atomic mass is 16.1. The van der Waals surface area contributed by atoms with Gasteiger partial charge >= 0.3 is 0 Å². The number of nitrogens with two attached hydrogens (primary N) is 1. The highest BCUT2D eigenvalue weighted by Gasteiger charge is 2.10. The molecule has 0 spiro atoms. The van der Waals surface area contributed by atoms with Gasteiger partial charge in [0.2, 0.25) is 0 Å². The van der Waals surface area contributed by atoms with Gasteiger partial charge in [-0.2, -0.15) is 0 Å². The van der Waals surface area contributed by atoms with Crippen LogP contribution in [0.25, 0.3) is 0 Å². The van der Waals surface area contributed by atoms with E-state index in [1.165, 1.54) is 5.56 Å². The summed E-state index contributed by atoms with van der Waals surface area (Å²) in [5, 5.41) is 0. The van der Waals surface area contributed by atoms with Crippen molar-refractivity contribution in [3.63, 3.8) is 0 Å². The smallest absolute Gasteiger partial charge is 0.163 e. The van der Waals surface area contributed by atoms with Crippen LogP contribution in [0.4, 0.5) is 0 Å². The van der Waals surface area contributed by atoms with Crippen molar-refractivity contribution in [3.8, 4) is 0 Å². The molecule has 0 radical (unpaired) electrons. The maximum Gasteiger partial charge on any atom is 0.163 e. The van der Waals surface area contributed by atoms with Gasteiger partial charge in [0.25, 0.3) is 0 Å². The molecule has 0 aliphatic rings. The van der Waals surface area contributed by atoms with E-state index in [1.807, 2.05) is 42.5 Å². The van der Waals surface area contributed by atoms with Crippen LogP contribution in [-0.4, -0.2) is 12.3 Å². The lowest BCUT2D eigenvalue weighted by atomic mass is 9.97. The number of rotatable bonds is 7. The molecule has 0 aliphatic heterocycles. The quantitative estimate of drug-likeness (QED) is 0.781. The summed E-state index contributed by atoms with van der Waals surface area (Å²) < 4.78 is 0. The van der Waals surface area contributed by atoms with Gasteiger partial charge in [-0.1, -0.05) is 54.6 Å². The van der Waals surface area contributed by atoms with Crippen LogP contribution in [0.5, 0.6) is 0 Å². The van der Waals surface area contributed by atoms with Gasteiger partial charge in [-0.25, -0.2) is 0 Å². The van der Waals surface area contributed by atoms with Crippen LogP contribution in [0.1, 0.15) is 34.3 Å². The third-order valence-electron chi connectivity index (χ3n) is 3.44. The van der Waals surface area contributed by atoms with Crippen LogP contribution in [0.2, 0.25) is 0 Å². The van der Waals surface area contributed by atoms with Crippen LogP contribution in [-0.2, 0) is 12.8 Å². The zero-order valence-corrected chi connectivity index (χ0v) is 11.7. The second kappa shape index (κ2) is 7.61. The second-order valence-electron chi connectivity index (χ2n) is 4.96. The minimum absolute atomic E-state index is 0.227. The number of benzene rings is 2. The fourth-order valence-corrected chi connectivity index (χ4v) is 2.40. The van der Waals surface area contributed by atoms with E-state index in [9.17, 15) is 4.79 Å². The number of hydrogen-bond donors (Lipinski definition) is 1. The van der Waals surface area contributed by atoms with Gasteiger partial charge in [0.15, 0.2) is 5.78 Å². The Labute approximate surface area is 120 Å². The lowest BCUT2D eigenvalue weighted by molar-refractivity contribution is 0.0979. The Bertz CT molecular complexity index is 548. The highest BCUT2D eigenvalue weighted by molar-refractivity contribution is 5.97. The molecule has 0 bridgehead atoms. The number of carbonyl (C=O) groups is 1. The molecule has 2 nitrogen and oxygen atoms in total. The number of hydrogen-bond acceptors (Lipinski definition) is 2. The summed E-state index contributed by atoms with van der Waals surface area (Å²) in [6.07, 6.45) is 3.20. The molecule has 2 rings (SSSR count). The summed E-state index contributed by atoms with van der Waals surface area (Å²) in [4.78, 5) is 12.3. The Morgan fingerprint density at radius 2 is 1.60 bits per heavy atom. The average Bonchev–Trinajstić information content (AvgIpc) is 2.49. The molecule has 2 aromatic rings. The van der Waals surface area contributed by atoms with Crippen molar-refractivity contribution in [1.82, 2.24) is 0 Å². The third-order valence-corrected chi connectivity index (χ3v) is 3.44. The molecule has 0 saturated carbocycles. The molecule has 0 fully saturated rings. The Hall–Kier alpha value is -1.93. The van der Waals surface area contributed by atoms with Crippen molar-refractivity contribution < 1.29 is 4.79 Å². The van der Waals surface area contributed by atoms with Crippen LogP contribution >= 0.6 is 0 Å². The molecule has 0 aromatic heterocycles. The number of aryl methyl sites for hydroxylation is 1. The van der Waals surface area contributed by atoms with Gasteiger partial charge < -0.3 is 5.73 Å². The Morgan fingerprint density at radius 3 is 2.35 bits per heavy atom. The van der Waals surface area contributed by atoms with E-state index in [1.54, 1.807) is 0 Å². The normalized spacial score (nSPS) is 10.4. The number of ketones is 1. The van der Waals surface area contributed by atoms with Crippen LogP contribution in [0, 0.1) is 0 Å². The predicted molar refractivity (Wildman–Crippen MR) is 82.9 cm³/mol. The van der Waals surface area contributed by atoms with Crippen molar-refractivity contribution in [2.24, 2.45) is 5.73 Å². The van der Waals surface area contributed by atoms with Crippen LogP contribution in [0.3, 0.4) is 0 Å². The van der Waals surface area contributed by atoms with Crippen molar-refractivity contribution in [1.29, 1.82) is 0 Å². The van der Waals surface area contributed by atoms with E-state index in [0.29, 0.717) is 13.0 Å². The fourth-order valence-electron chi connectivity index (χ4n) is 2.40. The zero-order chi connectivity index (χ0) is 14.2. The maximum absolute atomic E-state index is 12.3. The van der Waals surface area contributed by atoms with E-state index in [4.69, 9.17) is 5.73 Å². The largest absolute Gasteiger partial charge is 0.330 e. The summed E-state index contributed by atoms with van der Waals surface area (Å²) >= 11 is 0. The average molecular weight is 267 g/mol. The van der Waals surface area contributed by atoms with Gasteiger partial charge in [-0.15, -0.1) is 0 Å². The summed E-state index contributed by atoms with van der Waals surface area (Å²) in [6, 6.07) is 18.1. The lowest BCUT2D eigenvalue weighted by Gasteiger charge is -2.07. The molecular weight excluding hydrogens is 246 g/mol. The molecule has 104 valence electrons. The van der Waals surface area contributed by atoms with Crippen LogP contribution < -0.4 is 5.73 Å². The molecule has 0 unspecified atom stereocenters. The molecule has 0 aliphatic carbocycles. The van der Waals surface area contributed by atoms with Crippen molar-refractivity contribution in [2.75, 3.05) is 6.54 Å². The maximum atomic E-state index is 12.3. The van der Waals surface area contributed by atoms with Gasteiger partial charge in [0, 0.05) is 12.0 Å². The van der Waals surface area contributed by atoms with E-state index >= 15 is 0 Å². The molecule has 0 heterocycles. The summed E-state index contributed by atoms with van der Waals surface area (Å²) in [7, 11) is 0. The van der Waals surface area contributed by atoms with Gasteiger partial charge in [-0.3, -0.25) is 4.79 Å². The minimum Gasteiger partial charge on any atom is -0.330 e. The van der Waals surface area contributed by atoms with Crippen molar-refractivity contribution in [3.05, 3.63) is 71.3 Å². The first-order valence-corrected chi connectivity index (χ1v) is 7.16. The molecule has 0 saturated heterocycles. The third kappa shape index (κ3) is 4.04. The summed E-state index contributed by atoms with van der Waals surface area (Å²) in [6.45, 7) is 0.578. The molecule has 0 atom stereocenters. The predicted octanol–water partition coefficient (Wildman–Crippen LogP) is 3.39. The highest BCUT2D eigenvalue weighted by Crippen LogP contribution is 2.14. The number of carbonyl (C=O) groups excluding carboxylic acids is 1. The molecular formula is C18H21NO. The lowest BCUT2D eigenvalue weighted by Crippen LogP contribution is -2.09. The minimum atomic E-state index is 0.227.